The molecule has 1 saturated heterocycles. The first-order chi connectivity index (χ1) is 5.72. The van der Waals surface area contributed by atoms with E-state index in [-0.39, 0.29) is 5.92 Å². The van der Waals surface area contributed by atoms with E-state index < -0.39 is 10.8 Å². The molecule has 0 aromatic carbocycles. The van der Waals surface area contributed by atoms with Crippen LogP contribution in [0.3, 0.4) is 0 Å². The van der Waals surface area contributed by atoms with E-state index in [1.807, 2.05) is 6.92 Å². The van der Waals surface area contributed by atoms with Crippen molar-refractivity contribution in [2.24, 2.45) is 5.92 Å². The molecule has 0 aromatic rings. The summed E-state index contributed by atoms with van der Waals surface area (Å²) < 4.78 is 11.0. The van der Waals surface area contributed by atoms with Crippen LogP contribution in [-0.2, 0) is 10.8 Å². The maximum Gasteiger partial charge on any atom is 0.0666 e. The Hall–Kier alpha value is -0.400. The van der Waals surface area contributed by atoms with Gasteiger partial charge in [0, 0.05) is 41.9 Å². The van der Waals surface area contributed by atoms with Gasteiger partial charge in [0.15, 0.2) is 0 Å². The van der Waals surface area contributed by atoms with E-state index >= 15 is 0 Å². The molecule has 1 rings (SSSR count). The Morgan fingerprint density at radius 1 is 1.58 bits per heavy atom. The summed E-state index contributed by atoms with van der Waals surface area (Å²) in [7, 11) is -0.602. The quantitative estimate of drug-likeness (QED) is 0.619. The number of nitrogens with zero attached hydrogens (tertiary/aromatic N) is 2. The van der Waals surface area contributed by atoms with Crippen molar-refractivity contribution < 1.29 is 4.21 Å². The lowest BCUT2D eigenvalue weighted by atomic mass is 10.2. The third-order valence-corrected chi connectivity index (χ3v) is 3.30. The largest absolute Gasteiger partial charge is 0.300 e. The Morgan fingerprint density at radius 3 is 2.67 bits per heavy atom. The minimum absolute atomic E-state index is 0.0940. The van der Waals surface area contributed by atoms with Gasteiger partial charge in [-0.1, -0.05) is 0 Å². The maximum absolute atomic E-state index is 11.0. The molecule has 1 aliphatic rings. The van der Waals surface area contributed by atoms with Crippen molar-refractivity contribution in [2.75, 3.05) is 31.1 Å². The third kappa shape index (κ3) is 2.92. The summed E-state index contributed by atoms with van der Waals surface area (Å²) in [6.07, 6.45) is 0. The molecule has 0 bridgehead atoms. The molecular weight excluding hydrogens is 172 g/mol. The second-order valence-electron chi connectivity index (χ2n) is 3.18. The lowest BCUT2D eigenvalue weighted by Crippen LogP contribution is -2.39. The van der Waals surface area contributed by atoms with E-state index in [1.54, 1.807) is 0 Å². The molecule has 0 aliphatic carbocycles. The fourth-order valence-corrected chi connectivity index (χ4v) is 2.41. The van der Waals surface area contributed by atoms with Crippen molar-refractivity contribution in [2.45, 2.75) is 6.92 Å². The molecule has 0 amide bonds. The molecule has 0 N–H and O–H groups in total. The van der Waals surface area contributed by atoms with E-state index in [1.165, 1.54) is 0 Å². The Labute approximate surface area is 75.8 Å². The zero-order valence-corrected chi connectivity index (χ0v) is 8.14. The van der Waals surface area contributed by atoms with Gasteiger partial charge in [0.1, 0.15) is 0 Å². The minimum atomic E-state index is -0.602. The van der Waals surface area contributed by atoms with Gasteiger partial charge >= 0.3 is 0 Å². The normalized spacial score (nSPS) is 23.3. The zero-order chi connectivity index (χ0) is 8.97. The van der Waals surface area contributed by atoms with Crippen LogP contribution in [0.15, 0.2) is 0 Å². The Bertz CT molecular complexity index is 202. The van der Waals surface area contributed by atoms with Gasteiger partial charge in [-0.25, -0.2) is 0 Å². The average Bonchev–Trinajstić information content (AvgIpc) is 2.09. The van der Waals surface area contributed by atoms with Crippen LogP contribution in [-0.4, -0.2) is 40.2 Å². The Morgan fingerprint density at radius 2 is 2.17 bits per heavy atom. The van der Waals surface area contributed by atoms with Crippen molar-refractivity contribution in [1.82, 2.24) is 4.90 Å². The van der Waals surface area contributed by atoms with Crippen molar-refractivity contribution in [1.29, 1.82) is 5.26 Å². The van der Waals surface area contributed by atoms with Crippen LogP contribution in [0.25, 0.3) is 0 Å². The standard InChI is InChI=1S/C8H14N2OS/c1-8(6-9)7-10-2-4-12(11)5-3-10/h8H,2-5,7H2,1H3. The molecule has 4 heteroatoms. The fraction of sp³-hybridized carbons (Fsp3) is 0.875. The Kier molecular flexibility index (Phi) is 3.70. The molecule has 0 spiro atoms. The first kappa shape index (κ1) is 9.69. The van der Waals surface area contributed by atoms with Crippen LogP contribution < -0.4 is 0 Å². The monoisotopic (exact) mass is 186 g/mol. The number of nitriles is 1. The molecule has 1 atom stereocenters. The SMILES string of the molecule is CC(C#N)CN1CCS(=O)CC1. The van der Waals surface area contributed by atoms with E-state index in [2.05, 4.69) is 11.0 Å². The number of rotatable bonds is 2. The highest BCUT2D eigenvalue weighted by molar-refractivity contribution is 7.85. The van der Waals surface area contributed by atoms with E-state index in [4.69, 9.17) is 5.26 Å². The van der Waals surface area contributed by atoms with E-state index in [9.17, 15) is 4.21 Å². The molecule has 0 saturated carbocycles. The van der Waals surface area contributed by atoms with Crippen LogP contribution >= 0.6 is 0 Å². The van der Waals surface area contributed by atoms with E-state index in [0.717, 1.165) is 31.1 Å². The summed E-state index contributed by atoms with van der Waals surface area (Å²) in [5.74, 6) is 1.65. The summed E-state index contributed by atoms with van der Waals surface area (Å²) >= 11 is 0. The summed E-state index contributed by atoms with van der Waals surface area (Å²) in [6.45, 7) is 4.52. The van der Waals surface area contributed by atoms with Gasteiger partial charge in [-0.05, 0) is 6.92 Å². The van der Waals surface area contributed by atoms with Crippen molar-refractivity contribution >= 4 is 10.8 Å². The predicted octanol–water partition coefficient (Wildman–Crippen LogP) is 0.210. The lowest BCUT2D eigenvalue weighted by Gasteiger charge is -2.26. The van der Waals surface area contributed by atoms with Crippen LogP contribution in [0.5, 0.6) is 0 Å². The summed E-state index contributed by atoms with van der Waals surface area (Å²) in [6, 6.07) is 2.21. The highest BCUT2D eigenvalue weighted by Crippen LogP contribution is 2.03. The molecule has 1 fully saturated rings. The van der Waals surface area contributed by atoms with Crippen LogP contribution in [0.1, 0.15) is 6.92 Å². The smallest absolute Gasteiger partial charge is 0.0666 e. The summed E-state index contributed by atoms with van der Waals surface area (Å²) in [5.41, 5.74) is 0. The minimum Gasteiger partial charge on any atom is -0.300 e. The Balaban J connectivity index is 2.27. The highest BCUT2D eigenvalue weighted by atomic mass is 32.2. The van der Waals surface area contributed by atoms with Crippen LogP contribution in [0, 0.1) is 17.2 Å². The molecular formula is C8H14N2OS. The molecule has 3 nitrogen and oxygen atoms in total. The molecule has 0 aromatic heterocycles. The molecule has 0 radical (unpaired) electrons. The first-order valence-corrected chi connectivity index (χ1v) is 5.68. The van der Waals surface area contributed by atoms with Gasteiger partial charge < -0.3 is 4.90 Å². The fourth-order valence-electron chi connectivity index (χ4n) is 1.29. The van der Waals surface area contributed by atoms with Gasteiger partial charge in [0.25, 0.3) is 0 Å². The zero-order valence-electron chi connectivity index (χ0n) is 7.32. The van der Waals surface area contributed by atoms with Gasteiger partial charge in [0.2, 0.25) is 0 Å². The summed E-state index contributed by atoms with van der Waals surface area (Å²) in [5, 5.41) is 8.58. The van der Waals surface area contributed by atoms with E-state index in [0.29, 0.717) is 0 Å². The van der Waals surface area contributed by atoms with Crippen LogP contribution in [0.2, 0.25) is 0 Å². The molecule has 12 heavy (non-hydrogen) atoms. The molecule has 68 valence electrons. The predicted molar refractivity (Wildman–Crippen MR) is 49.1 cm³/mol. The van der Waals surface area contributed by atoms with Crippen molar-refractivity contribution in [3.63, 3.8) is 0 Å². The average molecular weight is 186 g/mol. The lowest BCUT2D eigenvalue weighted by molar-refractivity contribution is 0.279. The summed E-state index contributed by atoms with van der Waals surface area (Å²) in [4.78, 5) is 2.22. The van der Waals surface area contributed by atoms with Gasteiger partial charge in [-0.15, -0.1) is 0 Å². The maximum atomic E-state index is 11.0. The van der Waals surface area contributed by atoms with Crippen molar-refractivity contribution in [3.05, 3.63) is 0 Å². The topological polar surface area (TPSA) is 44.1 Å². The van der Waals surface area contributed by atoms with Crippen LogP contribution in [0.4, 0.5) is 0 Å². The molecule has 1 unspecified atom stereocenters. The second-order valence-corrected chi connectivity index (χ2v) is 4.87. The molecule has 1 heterocycles. The van der Waals surface area contributed by atoms with Gasteiger partial charge in [0.05, 0.1) is 12.0 Å². The molecule has 1 aliphatic heterocycles. The van der Waals surface area contributed by atoms with Gasteiger partial charge in [-0.2, -0.15) is 5.26 Å². The highest BCUT2D eigenvalue weighted by Gasteiger charge is 2.16. The number of hydrogen-bond acceptors (Lipinski definition) is 3. The first-order valence-electron chi connectivity index (χ1n) is 4.19. The van der Waals surface area contributed by atoms with Crippen molar-refractivity contribution in [3.8, 4) is 6.07 Å². The third-order valence-electron chi connectivity index (χ3n) is 2.02. The second kappa shape index (κ2) is 4.58. The number of hydrogen-bond donors (Lipinski definition) is 0. The van der Waals surface area contributed by atoms with Gasteiger partial charge in [-0.3, -0.25) is 4.21 Å².